The van der Waals surface area contributed by atoms with Crippen LogP contribution in [0.15, 0.2) is 176 Å². The van der Waals surface area contributed by atoms with Gasteiger partial charge in [-0.2, -0.15) is 36.4 Å². The summed E-state index contributed by atoms with van der Waals surface area (Å²) in [4.78, 5) is 9.66. The van der Waals surface area contributed by atoms with E-state index in [1.165, 1.54) is 44.7 Å². The number of hydrogen-bond acceptors (Lipinski definition) is 3. The van der Waals surface area contributed by atoms with Crippen LogP contribution in [0.3, 0.4) is 0 Å². The minimum Gasteiger partial charge on any atom is -0.345 e. The number of nitrogens with zero attached hydrogens (tertiary/aromatic N) is 4. The van der Waals surface area contributed by atoms with E-state index in [4.69, 9.17) is 4.98 Å². The normalized spacial score (nSPS) is 13.8. The van der Waals surface area contributed by atoms with Gasteiger partial charge in [0.25, 0.3) is 0 Å². The molecule has 4 nitrogen and oxygen atoms in total. The van der Waals surface area contributed by atoms with Crippen LogP contribution in [-0.2, 0) is 26.5 Å². The van der Waals surface area contributed by atoms with Gasteiger partial charge < -0.3 is 14.4 Å². The maximum atomic E-state index is 4.89. The van der Waals surface area contributed by atoms with E-state index in [-0.39, 0.29) is 21.1 Å². The molecule has 3 heterocycles. The number of pyridine rings is 1. The van der Waals surface area contributed by atoms with E-state index in [1.807, 2.05) is 6.20 Å². The molecular weight excluding hydrogens is 852 g/mol. The second-order valence-corrected chi connectivity index (χ2v) is 14.3. The molecule has 2 aliphatic rings. The van der Waals surface area contributed by atoms with Crippen molar-refractivity contribution in [2.75, 3.05) is 16.5 Å². The Morgan fingerprint density at radius 2 is 1.22 bits per heavy atom. The van der Waals surface area contributed by atoms with Gasteiger partial charge in [-0.05, 0) is 82.6 Å². The Morgan fingerprint density at radius 1 is 0.564 bits per heavy atom. The molecule has 2 aromatic heterocycles. The quantitative estimate of drug-likeness (QED) is 0.161. The predicted octanol–water partition coefficient (Wildman–Crippen LogP) is 11.7. The molecule has 9 aromatic rings. The van der Waals surface area contributed by atoms with Gasteiger partial charge in [0.1, 0.15) is 5.82 Å². The number of benzene rings is 7. The molecule has 7 aromatic carbocycles. The predicted molar refractivity (Wildman–Crippen MR) is 220 cm³/mol. The molecule has 0 unspecified atom stereocenters. The molecule has 0 amide bonds. The topological polar surface area (TPSA) is 24.3 Å². The SMILES string of the molecule is Cc1ccnc(-n2c3[c-]c(C4(c5[c-]c(N6CN(c7ccccc7)c7ccccc76)ccc5)c5ccccc5-c5ccccc54)ccc3c3ccccc32)c1.[Pt+2]. The van der Waals surface area contributed by atoms with Gasteiger partial charge >= 0.3 is 21.1 Å². The standard InChI is InChI=1S/C50H34N4.Pt/c1-34-28-29-51-49(30-34)54-45-23-10-7-20-41(45)42-27-26-36(32-48(42)54)50(43-21-8-5-18-39(43)40-19-6-9-22-44(40)50)35-14-13-17-38(31-35)53-33-52(37-15-3-2-4-16-37)46-24-11-12-25-47(46)53;/h2-30H,33H2,1H3;/q-2;+2. The summed E-state index contributed by atoms with van der Waals surface area (Å²) in [5, 5.41) is 2.34. The molecule has 1 aliphatic carbocycles. The molecule has 5 heteroatoms. The zero-order valence-electron chi connectivity index (χ0n) is 30.1. The third kappa shape index (κ3) is 4.91. The summed E-state index contributed by atoms with van der Waals surface area (Å²) in [5.41, 5.74) is 14.3. The Balaban J connectivity index is 0.00000372. The van der Waals surface area contributed by atoms with E-state index in [1.54, 1.807) is 0 Å². The van der Waals surface area contributed by atoms with Gasteiger partial charge in [0, 0.05) is 22.8 Å². The molecule has 0 radical (unpaired) electrons. The number of anilines is 4. The maximum absolute atomic E-state index is 4.89. The van der Waals surface area contributed by atoms with Crippen molar-refractivity contribution >= 4 is 44.6 Å². The van der Waals surface area contributed by atoms with Crippen LogP contribution >= 0.6 is 0 Å². The molecule has 0 fully saturated rings. The Hall–Kier alpha value is -6.22. The molecule has 0 saturated heterocycles. The number of para-hydroxylation sites is 4. The van der Waals surface area contributed by atoms with Crippen molar-refractivity contribution in [3.63, 3.8) is 0 Å². The zero-order valence-corrected chi connectivity index (χ0v) is 32.3. The van der Waals surface area contributed by atoms with E-state index in [9.17, 15) is 0 Å². The summed E-state index contributed by atoms with van der Waals surface area (Å²) in [7, 11) is 0. The Kier molecular flexibility index (Phi) is 7.87. The summed E-state index contributed by atoms with van der Waals surface area (Å²) in [6.45, 7) is 2.81. The largest absolute Gasteiger partial charge is 2.00 e. The average Bonchev–Trinajstić information content (AvgIpc) is 3.88. The van der Waals surface area contributed by atoms with Crippen LogP contribution in [0.2, 0.25) is 0 Å². The van der Waals surface area contributed by atoms with E-state index < -0.39 is 5.41 Å². The minimum absolute atomic E-state index is 0. The van der Waals surface area contributed by atoms with Gasteiger partial charge in [0.15, 0.2) is 0 Å². The molecule has 264 valence electrons. The third-order valence-electron chi connectivity index (χ3n) is 11.4. The number of rotatable bonds is 5. The summed E-state index contributed by atoms with van der Waals surface area (Å²) >= 11 is 0. The number of aryl methyl sites for hydroxylation is 1. The van der Waals surface area contributed by atoms with Crippen LogP contribution < -0.4 is 9.80 Å². The number of hydrogen-bond donors (Lipinski definition) is 0. The van der Waals surface area contributed by atoms with Crippen LogP contribution in [0.5, 0.6) is 0 Å². The van der Waals surface area contributed by atoms with E-state index >= 15 is 0 Å². The fraction of sp³-hybridized carbons (Fsp3) is 0.0600. The molecule has 0 saturated carbocycles. The van der Waals surface area contributed by atoms with Gasteiger partial charge in [0.05, 0.1) is 18.0 Å². The summed E-state index contributed by atoms with van der Waals surface area (Å²) in [6.07, 6.45) is 1.90. The first-order valence-corrected chi connectivity index (χ1v) is 18.5. The van der Waals surface area contributed by atoms with E-state index in [0.717, 1.165) is 44.6 Å². The van der Waals surface area contributed by atoms with Crippen molar-refractivity contribution in [2.45, 2.75) is 12.3 Å². The van der Waals surface area contributed by atoms with Gasteiger partial charge in [-0.3, -0.25) is 0 Å². The molecular formula is C50H34N4Pt. The van der Waals surface area contributed by atoms with Gasteiger partial charge in [-0.25, -0.2) is 4.98 Å². The first-order chi connectivity index (χ1) is 26.7. The van der Waals surface area contributed by atoms with Crippen molar-refractivity contribution in [1.29, 1.82) is 0 Å². The van der Waals surface area contributed by atoms with Crippen molar-refractivity contribution in [1.82, 2.24) is 9.55 Å². The fourth-order valence-electron chi connectivity index (χ4n) is 9.03. The molecule has 0 N–H and O–H groups in total. The maximum Gasteiger partial charge on any atom is 2.00 e. The number of fused-ring (bicyclic) bond motifs is 7. The summed E-state index contributed by atoms with van der Waals surface area (Å²) < 4.78 is 2.28. The molecule has 1 aliphatic heterocycles. The molecule has 55 heavy (non-hydrogen) atoms. The van der Waals surface area contributed by atoms with Crippen molar-refractivity contribution in [2.24, 2.45) is 0 Å². The molecule has 0 atom stereocenters. The fourth-order valence-corrected chi connectivity index (χ4v) is 9.03. The van der Waals surface area contributed by atoms with Gasteiger partial charge in [-0.1, -0.05) is 108 Å². The first-order valence-electron chi connectivity index (χ1n) is 18.5. The smallest absolute Gasteiger partial charge is 0.345 e. The van der Waals surface area contributed by atoms with Gasteiger partial charge in [0.2, 0.25) is 0 Å². The Labute approximate surface area is 335 Å². The van der Waals surface area contributed by atoms with Crippen LogP contribution in [0.25, 0.3) is 38.8 Å². The second kappa shape index (κ2) is 13.0. The first kappa shape index (κ1) is 33.4. The second-order valence-electron chi connectivity index (χ2n) is 14.3. The van der Waals surface area contributed by atoms with E-state index in [0.29, 0.717) is 6.67 Å². The van der Waals surface area contributed by atoms with Crippen LogP contribution in [0.1, 0.15) is 27.8 Å². The van der Waals surface area contributed by atoms with Crippen molar-refractivity contribution in [3.05, 3.63) is 216 Å². The average molecular weight is 886 g/mol. The summed E-state index contributed by atoms with van der Waals surface area (Å²) in [5.74, 6) is 0.889. The summed E-state index contributed by atoms with van der Waals surface area (Å²) in [6, 6.07) is 69.3. The minimum atomic E-state index is -0.683. The van der Waals surface area contributed by atoms with Crippen LogP contribution in [0.4, 0.5) is 22.7 Å². The van der Waals surface area contributed by atoms with Crippen molar-refractivity contribution < 1.29 is 21.1 Å². The Bertz CT molecular complexity index is 2870. The number of aromatic nitrogens is 2. The monoisotopic (exact) mass is 885 g/mol. The Morgan fingerprint density at radius 3 is 1.98 bits per heavy atom. The van der Waals surface area contributed by atoms with Crippen LogP contribution in [0, 0.1) is 19.1 Å². The van der Waals surface area contributed by atoms with Gasteiger partial charge in [-0.15, -0.1) is 22.6 Å². The molecule has 0 bridgehead atoms. The van der Waals surface area contributed by atoms with E-state index in [2.05, 4.69) is 203 Å². The molecule has 11 rings (SSSR count). The molecule has 0 spiro atoms. The third-order valence-corrected chi connectivity index (χ3v) is 11.4. The van der Waals surface area contributed by atoms with Crippen LogP contribution in [-0.4, -0.2) is 16.2 Å². The van der Waals surface area contributed by atoms with Crippen molar-refractivity contribution in [3.8, 4) is 16.9 Å². The zero-order chi connectivity index (χ0) is 35.8.